The summed E-state index contributed by atoms with van der Waals surface area (Å²) in [5.41, 5.74) is 0.146. The molecule has 2 amide bonds. The fraction of sp³-hybridized carbons (Fsp3) is 0.125. The van der Waals surface area contributed by atoms with Gasteiger partial charge in [0, 0.05) is 0 Å². The van der Waals surface area contributed by atoms with E-state index in [0.717, 1.165) is 4.90 Å². The van der Waals surface area contributed by atoms with Crippen LogP contribution in [0.5, 0.6) is 0 Å². The lowest BCUT2D eigenvalue weighted by Gasteiger charge is -2.21. The number of anilines is 1. The van der Waals surface area contributed by atoms with Crippen LogP contribution in [0.25, 0.3) is 0 Å². The van der Waals surface area contributed by atoms with E-state index in [-0.39, 0.29) is 15.6 Å². The van der Waals surface area contributed by atoms with Gasteiger partial charge in [-0.05, 0) is 24.3 Å². The van der Waals surface area contributed by atoms with Crippen molar-refractivity contribution >= 4 is 39.3 Å². The smallest absolute Gasteiger partial charge is 0.339 e. The second-order valence-electron chi connectivity index (χ2n) is 5.31. The molecule has 3 rings (SSSR count). The van der Waals surface area contributed by atoms with Gasteiger partial charge in [0.1, 0.15) is 0 Å². The minimum absolute atomic E-state index is 0.0894. The molecular weight excluding hydrogens is 368 g/mol. The number of carboxylic acid groups (broad SMARTS) is 1. The van der Waals surface area contributed by atoms with Crippen LogP contribution in [-0.2, 0) is 14.8 Å². The summed E-state index contributed by atoms with van der Waals surface area (Å²) < 4.78 is 26.0. The third-order valence-electron chi connectivity index (χ3n) is 3.80. The van der Waals surface area contributed by atoms with Crippen LogP contribution in [-0.4, -0.2) is 42.4 Å². The molecule has 1 saturated heterocycles. The van der Waals surface area contributed by atoms with Gasteiger partial charge in [0.2, 0.25) is 0 Å². The predicted octanol–water partition coefficient (Wildman–Crippen LogP) is 2.42. The van der Waals surface area contributed by atoms with E-state index >= 15 is 0 Å². The fourth-order valence-electron chi connectivity index (χ4n) is 2.60. The zero-order chi connectivity index (χ0) is 18.2. The molecule has 0 radical (unpaired) electrons. The van der Waals surface area contributed by atoms with Gasteiger partial charge < -0.3 is 5.11 Å². The third-order valence-corrected chi connectivity index (χ3v) is 5.87. The maximum Gasteiger partial charge on any atom is 0.339 e. The van der Waals surface area contributed by atoms with Crippen LogP contribution in [0.2, 0.25) is 5.02 Å². The van der Waals surface area contributed by atoms with E-state index in [1.807, 2.05) is 0 Å². The Bertz CT molecular complexity index is 933. The molecule has 1 fully saturated rings. The van der Waals surface area contributed by atoms with E-state index in [0.29, 0.717) is 4.31 Å². The molecule has 2 aromatic rings. The number of rotatable bonds is 4. The van der Waals surface area contributed by atoms with Gasteiger partial charge in [0.25, 0.3) is 10.0 Å². The molecule has 2 aromatic carbocycles. The van der Waals surface area contributed by atoms with Gasteiger partial charge in [-0.25, -0.2) is 22.3 Å². The highest BCUT2D eigenvalue weighted by Crippen LogP contribution is 2.33. The largest absolute Gasteiger partial charge is 0.480 e. The monoisotopic (exact) mass is 380 g/mol. The van der Waals surface area contributed by atoms with Crippen molar-refractivity contribution in [2.75, 3.05) is 11.4 Å². The first-order valence-corrected chi connectivity index (χ1v) is 9.04. The van der Waals surface area contributed by atoms with Crippen molar-refractivity contribution in [2.45, 2.75) is 10.9 Å². The molecular formula is C16H13ClN2O5S. The first-order valence-electron chi connectivity index (χ1n) is 7.22. The zero-order valence-electron chi connectivity index (χ0n) is 12.7. The SMILES string of the molecule is O=C(O)C1CN(S(=O)(=O)c2ccccc2)C(=O)N1c1ccccc1Cl. The number of nitrogens with zero attached hydrogens (tertiary/aromatic N) is 2. The molecule has 7 nitrogen and oxygen atoms in total. The van der Waals surface area contributed by atoms with Crippen LogP contribution in [0, 0.1) is 0 Å². The van der Waals surface area contributed by atoms with Gasteiger partial charge in [-0.2, -0.15) is 0 Å². The number of halogens is 1. The van der Waals surface area contributed by atoms with E-state index < -0.39 is 34.6 Å². The van der Waals surface area contributed by atoms with E-state index in [4.69, 9.17) is 11.6 Å². The Kier molecular flexibility index (Phi) is 4.40. The molecule has 0 aromatic heterocycles. The second kappa shape index (κ2) is 6.38. The highest BCUT2D eigenvalue weighted by atomic mass is 35.5. The van der Waals surface area contributed by atoms with Gasteiger partial charge in [-0.3, -0.25) is 4.90 Å². The van der Waals surface area contributed by atoms with E-state index in [2.05, 4.69) is 0 Å². The van der Waals surface area contributed by atoms with Gasteiger partial charge >= 0.3 is 12.0 Å². The van der Waals surface area contributed by atoms with Crippen molar-refractivity contribution < 1.29 is 23.1 Å². The lowest BCUT2D eigenvalue weighted by Crippen LogP contribution is -2.40. The molecule has 130 valence electrons. The van der Waals surface area contributed by atoms with Crippen molar-refractivity contribution in [1.82, 2.24) is 4.31 Å². The zero-order valence-corrected chi connectivity index (χ0v) is 14.3. The molecule has 0 aliphatic carbocycles. The summed E-state index contributed by atoms with van der Waals surface area (Å²) in [6.07, 6.45) is 0. The van der Waals surface area contributed by atoms with E-state index in [1.54, 1.807) is 18.2 Å². The van der Waals surface area contributed by atoms with Gasteiger partial charge in [-0.1, -0.05) is 41.9 Å². The Morgan fingerprint density at radius 1 is 1.08 bits per heavy atom. The average Bonchev–Trinajstić information content (AvgIpc) is 2.94. The Morgan fingerprint density at radius 2 is 1.68 bits per heavy atom. The average molecular weight is 381 g/mol. The van der Waals surface area contributed by atoms with Crippen LogP contribution < -0.4 is 4.90 Å². The van der Waals surface area contributed by atoms with Crippen LogP contribution in [0.1, 0.15) is 0 Å². The van der Waals surface area contributed by atoms with Crippen LogP contribution in [0.4, 0.5) is 10.5 Å². The summed E-state index contributed by atoms with van der Waals surface area (Å²) in [6.45, 7) is -0.503. The normalized spacial score (nSPS) is 17.8. The molecule has 9 heteroatoms. The molecule has 1 aliphatic rings. The van der Waals surface area contributed by atoms with Crippen molar-refractivity contribution in [3.8, 4) is 0 Å². The quantitative estimate of drug-likeness (QED) is 0.878. The summed E-state index contributed by atoms with van der Waals surface area (Å²) in [5.74, 6) is -1.32. The van der Waals surface area contributed by atoms with Crippen molar-refractivity contribution in [3.05, 3.63) is 59.6 Å². The predicted molar refractivity (Wildman–Crippen MR) is 91.1 cm³/mol. The maximum absolute atomic E-state index is 12.7. The first-order chi connectivity index (χ1) is 11.8. The first kappa shape index (κ1) is 17.2. The number of amides is 2. The van der Waals surface area contributed by atoms with Crippen molar-refractivity contribution in [2.24, 2.45) is 0 Å². The molecule has 0 bridgehead atoms. The Labute approximate surface area is 149 Å². The summed E-state index contributed by atoms with van der Waals surface area (Å²) in [7, 11) is -4.17. The summed E-state index contributed by atoms with van der Waals surface area (Å²) in [6, 6.07) is 11.2. The van der Waals surface area contributed by atoms with Gasteiger partial charge in [0.15, 0.2) is 6.04 Å². The minimum Gasteiger partial charge on any atom is -0.480 e. The molecule has 1 atom stereocenters. The van der Waals surface area contributed by atoms with E-state index in [9.17, 15) is 23.1 Å². The Balaban J connectivity index is 2.07. The standard InChI is InChI=1S/C16H13ClN2O5S/c17-12-8-4-5-9-13(12)19-14(15(20)21)10-18(16(19)22)25(23,24)11-6-2-1-3-7-11/h1-9,14H,10H2,(H,20,21). The van der Waals surface area contributed by atoms with Gasteiger partial charge in [-0.15, -0.1) is 0 Å². The highest BCUT2D eigenvalue weighted by molar-refractivity contribution is 7.89. The second-order valence-corrected chi connectivity index (χ2v) is 7.58. The Hall–Kier alpha value is -2.58. The molecule has 25 heavy (non-hydrogen) atoms. The number of sulfonamides is 1. The number of urea groups is 1. The molecule has 1 heterocycles. The molecule has 0 saturated carbocycles. The van der Waals surface area contributed by atoms with Crippen molar-refractivity contribution in [3.63, 3.8) is 0 Å². The van der Waals surface area contributed by atoms with E-state index in [1.165, 1.54) is 36.4 Å². The number of hydrogen-bond acceptors (Lipinski definition) is 4. The lowest BCUT2D eigenvalue weighted by atomic mass is 10.2. The fourth-order valence-corrected chi connectivity index (χ4v) is 4.21. The molecule has 1 unspecified atom stereocenters. The van der Waals surface area contributed by atoms with Crippen LogP contribution >= 0.6 is 11.6 Å². The molecule has 1 aliphatic heterocycles. The number of para-hydroxylation sites is 1. The van der Waals surface area contributed by atoms with Crippen LogP contribution in [0.15, 0.2) is 59.5 Å². The molecule has 0 spiro atoms. The van der Waals surface area contributed by atoms with Gasteiger partial charge in [0.05, 0.1) is 22.2 Å². The summed E-state index contributed by atoms with van der Waals surface area (Å²) in [4.78, 5) is 25.1. The van der Waals surface area contributed by atoms with Crippen LogP contribution in [0.3, 0.4) is 0 Å². The number of carbonyl (C=O) groups excluding carboxylic acids is 1. The topological polar surface area (TPSA) is 95.0 Å². The number of benzene rings is 2. The maximum atomic E-state index is 12.7. The number of carboxylic acids is 1. The number of carbonyl (C=O) groups is 2. The highest BCUT2D eigenvalue weighted by Gasteiger charge is 2.48. The Morgan fingerprint density at radius 3 is 2.28 bits per heavy atom. The number of aliphatic carboxylic acids is 1. The molecule has 1 N–H and O–H groups in total. The van der Waals surface area contributed by atoms with Crippen molar-refractivity contribution in [1.29, 1.82) is 0 Å². The summed E-state index contributed by atoms with van der Waals surface area (Å²) in [5, 5.41) is 9.60. The summed E-state index contributed by atoms with van der Waals surface area (Å²) >= 11 is 6.06. The lowest BCUT2D eigenvalue weighted by molar-refractivity contribution is -0.138. The minimum atomic E-state index is -4.17. The number of hydrogen-bond donors (Lipinski definition) is 1. The third kappa shape index (κ3) is 2.94.